The number of carbonyl (C=O) groups is 1. The molecule has 1 aromatic carbocycles. The molecule has 1 aliphatic rings. The highest BCUT2D eigenvalue weighted by molar-refractivity contribution is 7.89. The quantitative estimate of drug-likeness (QED) is 0.782. The van der Waals surface area contributed by atoms with Crippen molar-refractivity contribution in [3.63, 3.8) is 0 Å². The maximum absolute atomic E-state index is 12.4. The minimum atomic E-state index is -3.93. The fourth-order valence-electron chi connectivity index (χ4n) is 1.89. The number of hydrogen-bond donors (Lipinski definition) is 2. The van der Waals surface area contributed by atoms with Crippen molar-refractivity contribution in [3.05, 3.63) is 23.8 Å². The Morgan fingerprint density at radius 2 is 2.05 bits per heavy atom. The molecule has 1 fully saturated rings. The summed E-state index contributed by atoms with van der Waals surface area (Å²) in [5.41, 5.74) is -0.127. The number of hydrazine groups is 1. The molecule has 0 bridgehead atoms. The predicted molar refractivity (Wildman–Crippen MR) is 72.7 cm³/mol. The first-order valence-electron chi connectivity index (χ1n) is 6.20. The van der Waals surface area contributed by atoms with Gasteiger partial charge in [-0.25, -0.2) is 18.2 Å². The van der Waals surface area contributed by atoms with Crippen molar-refractivity contribution in [2.24, 2.45) is 0 Å². The van der Waals surface area contributed by atoms with Crippen molar-refractivity contribution in [3.8, 4) is 5.75 Å². The summed E-state index contributed by atoms with van der Waals surface area (Å²) in [5.74, 6) is -1.12. The summed E-state index contributed by atoms with van der Waals surface area (Å²) < 4.78 is 34.9. The molecule has 0 atom stereocenters. The third-order valence-electron chi connectivity index (χ3n) is 2.96. The Kier molecular flexibility index (Phi) is 4.78. The van der Waals surface area contributed by atoms with Crippen molar-refractivity contribution >= 4 is 16.0 Å². The van der Waals surface area contributed by atoms with Crippen LogP contribution in [0, 0.1) is 0 Å². The van der Waals surface area contributed by atoms with E-state index in [4.69, 9.17) is 14.6 Å². The Balaban J connectivity index is 2.32. The van der Waals surface area contributed by atoms with Crippen LogP contribution in [0.15, 0.2) is 23.1 Å². The first-order valence-corrected chi connectivity index (χ1v) is 7.69. The topological polar surface area (TPSA) is 105 Å². The molecule has 1 aliphatic heterocycles. The number of hydrogen-bond acceptors (Lipinski definition) is 6. The molecular formula is C12H16N2O6S. The first kappa shape index (κ1) is 15.7. The molecule has 2 N–H and O–H groups in total. The number of nitrogens with zero attached hydrogens (tertiary/aromatic N) is 1. The van der Waals surface area contributed by atoms with Crippen LogP contribution in [0.5, 0.6) is 5.75 Å². The average molecular weight is 316 g/mol. The van der Waals surface area contributed by atoms with Gasteiger partial charge in [-0.1, -0.05) is 0 Å². The highest BCUT2D eigenvalue weighted by Gasteiger charge is 2.25. The molecule has 0 radical (unpaired) electrons. The van der Waals surface area contributed by atoms with Gasteiger partial charge in [0.2, 0.25) is 0 Å². The second-order valence-electron chi connectivity index (χ2n) is 4.36. The summed E-state index contributed by atoms with van der Waals surface area (Å²) in [5, 5.41) is 10.5. The molecule has 0 spiro atoms. The molecule has 1 heterocycles. The molecule has 21 heavy (non-hydrogen) atoms. The zero-order valence-electron chi connectivity index (χ0n) is 11.4. The lowest BCUT2D eigenvalue weighted by atomic mass is 10.2. The van der Waals surface area contributed by atoms with Crippen LogP contribution in [-0.4, -0.2) is 57.9 Å². The van der Waals surface area contributed by atoms with Crippen molar-refractivity contribution < 1.29 is 27.8 Å². The molecule has 8 nitrogen and oxygen atoms in total. The molecule has 1 aromatic rings. The van der Waals surface area contributed by atoms with Crippen molar-refractivity contribution in [2.75, 3.05) is 33.4 Å². The van der Waals surface area contributed by atoms with Crippen molar-refractivity contribution in [2.45, 2.75) is 4.90 Å². The number of ether oxygens (including phenoxy) is 2. The number of methoxy groups -OCH3 is 1. The second kappa shape index (κ2) is 6.39. The standard InChI is InChI=1S/C12H16N2O6S/c1-19-10-3-2-9(12(15)16)8-11(10)21(17,18)13-14-4-6-20-7-5-14/h2-3,8,13H,4-7H2,1H3,(H,15,16). The van der Waals surface area contributed by atoms with Crippen LogP contribution in [0.2, 0.25) is 0 Å². The molecule has 0 amide bonds. The molecule has 0 unspecified atom stereocenters. The maximum Gasteiger partial charge on any atom is 0.335 e. The van der Waals surface area contributed by atoms with E-state index >= 15 is 0 Å². The smallest absolute Gasteiger partial charge is 0.335 e. The van der Waals surface area contributed by atoms with E-state index in [9.17, 15) is 13.2 Å². The largest absolute Gasteiger partial charge is 0.495 e. The van der Waals surface area contributed by atoms with Crippen molar-refractivity contribution in [1.29, 1.82) is 0 Å². The van der Waals surface area contributed by atoms with Gasteiger partial charge in [-0.2, -0.15) is 0 Å². The summed E-state index contributed by atoms with van der Waals surface area (Å²) in [6, 6.07) is 3.68. The van der Waals surface area contributed by atoms with Crippen LogP contribution in [0.3, 0.4) is 0 Å². The lowest BCUT2D eigenvalue weighted by molar-refractivity contribution is 0.0272. The van der Waals surface area contributed by atoms with E-state index in [0.717, 1.165) is 6.07 Å². The average Bonchev–Trinajstić information content (AvgIpc) is 2.47. The van der Waals surface area contributed by atoms with Gasteiger partial charge in [-0.05, 0) is 18.2 Å². The predicted octanol–water partition coefficient (Wildman–Crippen LogP) is -0.0811. The third kappa shape index (κ3) is 3.70. The molecule has 0 saturated carbocycles. The number of morpholine rings is 1. The van der Waals surface area contributed by atoms with Gasteiger partial charge in [0.05, 0.1) is 25.9 Å². The molecular weight excluding hydrogens is 300 g/mol. The van der Waals surface area contributed by atoms with E-state index in [1.165, 1.54) is 24.3 Å². The molecule has 116 valence electrons. The van der Waals surface area contributed by atoms with Crippen LogP contribution in [-0.2, 0) is 14.8 Å². The molecule has 2 rings (SSSR count). The van der Waals surface area contributed by atoms with E-state index in [0.29, 0.717) is 26.3 Å². The Morgan fingerprint density at radius 3 is 2.62 bits per heavy atom. The van der Waals surface area contributed by atoms with Crippen LogP contribution < -0.4 is 9.57 Å². The van der Waals surface area contributed by atoms with Gasteiger partial charge in [0.1, 0.15) is 10.6 Å². The lowest BCUT2D eigenvalue weighted by Gasteiger charge is -2.27. The number of rotatable bonds is 5. The Morgan fingerprint density at radius 1 is 1.38 bits per heavy atom. The number of benzene rings is 1. The Labute approximate surface area is 122 Å². The van der Waals surface area contributed by atoms with Crippen LogP contribution in [0.25, 0.3) is 0 Å². The fourth-order valence-corrected chi connectivity index (χ4v) is 3.21. The summed E-state index contributed by atoms with van der Waals surface area (Å²) in [6.45, 7) is 1.68. The van der Waals surface area contributed by atoms with E-state index in [1.807, 2.05) is 0 Å². The molecule has 0 aromatic heterocycles. The first-order chi connectivity index (χ1) is 9.94. The minimum Gasteiger partial charge on any atom is -0.495 e. The number of carboxylic acid groups (broad SMARTS) is 1. The normalized spacial score (nSPS) is 16.6. The maximum atomic E-state index is 12.4. The Bertz CT molecular complexity index is 625. The zero-order chi connectivity index (χ0) is 15.5. The van der Waals surface area contributed by atoms with E-state index < -0.39 is 16.0 Å². The highest BCUT2D eigenvalue weighted by Crippen LogP contribution is 2.25. The van der Waals surface area contributed by atoms with Crippen molar-refractivity contribution in [1.82, 2.24) is 9.84 Å². The monoisotopic (exact) mass is 316 g/mol. The second-order valence-corrected chi connectivity index (χ2v) is 5.99. The zero-order valence-corrected chi connectivity index (χ0v) is 12.2. The summed E-state index contributed by atoms with van der Waals surface area (Å²) in [7, 11) is -2.60. The van der Waals surface area contributed by atoms with Gasteiger partial charge in [0.25, 0.3) is 10.0 Å². The number of carboxylic acids is 1. The van der Waals surface area contributed by atoms with E-state index in [1.54, 1.807) is 0 Å². The third-order valence-corrected chi connectivity index (χ3v) is 4.36. The van der Waals surface area contributed by atoms with E-state index in [2.05, 4.69) is 4.83 Å². The van der Waals surface area contributed by atoms with Gasteiger partial charge in [-0.3, -0.25) is 0 Å². The molecule has 0 aliphatic carbocycles. The van der Waals surface area contributed by atoms with E-state index in [-0.39, 0.29) is 16.2 Å². The number of sulfonamides is 1. The summed E-state index contributed by atoms with van der Waals surface area (Å²) in [4.78, 5) is 13.2. The van der Waals surface area contributed by atoms with Gasteiger partial charge >= 0.3 is 5.97 Å². The van der Waals surface area contributed by atoms with Crippen LogP contribution in [0.4, 0.5) is 0 Å². The van der Waals surface area contributed by atoms with Gasteiger partial charge < -0.3 is 14.6 Å². The van der Waals surface area contributed by atoms with Crippen LogP contribution in [0.1, 0.15) is 10.4 Å². The van der Waals surface area contributed by atoms with Gasteiger partial charge in [0, 0.05) is 13.1 Å². The lowest BCUT2D eigenvalue weighted by Crippen LogP contribution is -2.48. The SMILES string of the molecule is COc1ccc(C(=O)O)cc1S(=O)(=O)NN1CCOCC1. The summed E-state index contributed by atoms with van der Waals surface area (Å²) in [6.07, 6.45) is 0. The number of aromatic carboxylic acids is 1. The highest BCUT2D eigenvalue weighted by atomic mass is 32.2. The number of nitrogens with one attached hydrogen (secondary N) is 1. The Hall–Kier alpha value is -1.68. The summed E-state index contributed by atoms with van der Waals surface area (Å²) >= 11 is 0. The molecule has 1 saturated heterocycles. The minimum absolute atomic E-state index is 0.0840. The van der Waals surface area contributed by atoms with Gasteiger partial charge in [-0.15, -0.1) is 4.83 Å². The van der Waals surface area contributed by atoms with Gasteiger partial charge in [0.15, 0.2) is 0 Å². The fraction of sp³-hybridized carbons (Fsp3) is 0.417. The van der Waals surface area contributed by atoms with Crippen LogP contribution >= 0.6 is 0 Å². The molecule has 9 heteroatoms.